The molecule has 2 rings (SSSR count). The Morgan fingerprint density at radius 3 is 2.06 bits per heavy atom. The Bertz CT molecular complexity index is 333. The van der Waals surface area contributed by atoms with Crippen LogP contribution in [0.2, 0.25) is 0 Å². The number of hydrogen-bond donors (Lipinski definition) is 1. The molecule has 0 bridgehead atoms. The summed E-state index contributed by atoms with van der Waals surface area (Å²) < 4.78 is 27.7. The van der Waals surface area contributed by atoms with Crippen molar-refractivity contribution in [3.63, 3.8) is 0 Å². The predicted molar refractivity (Wildman–Crippen MR) is 70.5 cm³/mol. The van der Waals surface area contributed by atoms with Crippen LogP contribution < -0.4 is 5.32 Å². The van der Waals surface area contributed by atoms with Gasteiger partial charge in [0, 0.05) is 26.2 Å². The van der Waals surface area contributed by atoms with Gasteiger partial charge < -0.3 is 5.32 Å². The highest BCUT2D eigenvalue weighted by Gasteiger charge is 2.42. The molecule has 2 saturated heterocycles. The Kier molecular flexibility index (Phi) is 5.21. The largest absolute Gasteiger partial charge is 0.316 e. The molecule has 102 valence electrons. The van der Waals surface area contributed by atoms with Gasteiger partial charge in [0.05, 0.1) is 0 Å². The van der Waals surface area contributed by atoms with Crippen molar-refractivity contribution < 1.29 is 8.42 Å². The maximum absolute atomic E-state index is 12.3. The molecule has 0 aliphatic carbocycles. The van der Waals surface area contributed by atoms with E-state index in [0.717, 1.165) is 13.1 Å². The van der Waals surface area contributed by atoms with Gasteiger partial charge in [-0.05, 0) is 24.9 Å². The van der Waals surface area contributed by atoms with E-state index in [0.29, 0.717) is 38.0 Å². The topological polar surface area (TPSA) is 52.7 Å². The highest BCUT2D eigenvalue weighted by atomic mass is 35.5. The summed E-state index contributed by atoms with van der Waals surface area (Å²) in [5.41, 5.74) is 0. The molecule has 0 radical (unpaired) electrons. The molecule has 2 atom stereocenters. The van der Waals surface area contributed by atoms with E-state index in [-0.39, 0.29) is 12.4 Å². The molecule has 5 nitrogen and oxygen atoms in total. The van der Waals surface area contributed by atoms with Crippen LogP contribution in [0.1, 0.15) is 13.8 Å². The van der Waals surface area contributed by atoms with Gasteiger partial charge in [0.2, 0.25) is 0 Å². The zero-order valence-corrected chi connectivity index (χ0v) is 12.1. The van der Waals surface area contributed by atoms with Crippen molar-refractivity contribution in [1.82, 2.24) is 13.9 Å². The Labute approximate surface area is 110 Å². The summed E-state index contributed by atoms with van der Waals surface area (Å²) >= 11 is 0. The van der Waals surface area contributed by atoms with E-state index >= 15 is 0 Å². The average molecular weight is 284 g/mol. The summed E-state index contributed by atoms with van der Waals surface area (Å²) in [6, 6.07) is 0. The number of halogens is 1. The number of fused-ring (bicyclic) bond motifs is 1. The van der Waals surface area contributed by atoms with Crippen molar-refractivity contribution in [3.8, 4) is 0 Å². The van der Waals surface area contributed by atoms with Crippen LogP contribution >= 0.6 is 12.4 Å². The van der Waals surface area contributed by atoms with Crippen molar-refractivity contribution in [3.05, 3.63) is 0 Å². The Morgan fingerprint density at radius 1 is 1.18 bits per heavy atom. The minimum absolute atomic E-state index is 0. The molecular formula is C10H22ClN3O2S. The summed E-state index contributed by atoms with van der Waals surface area (Å²) in [6.07, 6.45) is 0. The maximum Gasteiger partial charge on any atom is 0.281 e. The Hall–Kier alpha value is 0.120. The van der Waals surface area contributed by atoms with Gasteiger partial charge in [0.15, 0.2) is 0 Å². The van der Waals surface area contributed by atoms with Crippen molar-refractivity contribution in [2.75, 3.05) is 39.3 Å². The molecule has 0 aromatic rings. The summed E-state index contributed by atoms with van der Waals surface area (Å²) in [5.74, 6) is 1.04. The molecule has 2 aliphatic heterocycles. The van der Waals surface area contributed by atoms with Crippen molar-refractivity contribution in [2.24, 2.45) is 11.8 Å². The van der Waals surface area contributed by atoms with Crippen LogP contribution in [0.5, 0.6) is 0 Å². The van der Waals surface area contributed by atoms with Gasteiger partial charge in [-0.25, -0.2) is 0 Å². The minimum Gasteiger partial charge on any atom is -0.316 e. The normalized spacial score (nSPS) is 29.4. The lowest BCUT2D eigenvalue weighted by Crippen LogP contribution is -2.43. The molecule has 7 heteroatoms. The first-order valence-corrected chi connectivity index (χ1v) is 7.45. The third-order valence-electron chi connectivity index (χ3n) is 3.71. The zero-order valence-electron chi connectivity index (χ0n) is 10.4. The van der Waals surface area contributed by atoms with E-state index in [9.17, 15) is 8.42 Å². The van der Waals surface area contributed by atoms with Crippen LogP contribution in [0.25, 0.3) is 0 Å². The first-order chi connectivity index (χ1) is 7.59. The first kappa shape index (κ1) is 15.2. The van der Waals surface area contributed by atoms with Gasteiger partial charge in [-0.3, -0.25) is 0 Å². The predicted octanol–water partition coefficient (Wildman–Crippen LogP) is 0.146. The summed E-state index contributed by atoms with van der Waals surface area (Å²) in [7, 11) is -3.20. The van der Waals surface area contributed by atoms with Gasteiger partial charge in [-0.15, -0.1) is 12.4 Å². The van der Waals surface area contributed by atoms with E-state index in [1.807, 2.05) is 13.8 Å². The van der Waals surface area contributed by atoms with Crippen LogP contribution in [-0.2, 0) is 10.2 Å². The van der Waals surface area contributed by atoms with Crippen LogP contribution in [0.3, 0.4) is 0 Å². The molecule has 2 fully saturated rings. The number of nitrogens with zero attached hydrogens (tertiary/aromatic N) is 2. The fourth-order valence-corrected chi connectivity index (χ4v) is 4.45. The highest BCUT2D eigenvalue weighted by molar-refractivity contribution is 7.86. The molecule has 0 spiro atoms. The van der Waals surface area contributed by atoms with Gasteiger partial charge in [0.1, 0.15) is 0 Å². The SMILES string of the molecule is CCN(CC)S(=O)(=O)N1C[C@H]2CNC[C@H]2C1.Cl. The van der Waals surface area contributed by atoms with E-state index in [4.69, 9.17) is 0 Å². The van der Waals surface area contributed by atoms with Crippen LogP contribution in [0.4, 0.5) is 0 Å². The molecule has 1 N–H and O–H groups in total. The average Bonchev–Trinajstić information content (AvgIpc) is 2.77. The quantitative estimate of drug-likeness (QED) is 0.799. The lowest BCUT2D eigenvalue weighted by atomic mass is 10.0. The summed E-state index contributed by atoms with van der Waals surface area (Å²) in [4.78, 5) is 0. The Balaban J connectivity index is 0.00000144. The standard InChI is InChI=1S/C10H21N3O2S.ClH/c1-3-12(4-2)16(14,15)13-7-9-5-11-6-10(9)8-13;/h9-11H,3-8H2,1-2H3;1H/t9-,10+;. The zero-order chi connectivity index (χ0) is 11.8. The Morgan fingerprint density at radius 2 is 1.65 bits per heavy atom. The van der Waals surface area contributed by atoms with Crippen molar-refractivity contribution in [1.29, 1.82) is 0 Å². The van der Waals surface area contributed by atoms with Gasteiger partial charge >= 0.3 is 0 Å². The minimum atomic E-state index is -3.20. The molecule has 0 aromatic carbocycles. The number of hydrogen-bond acceptors (Lipinski definition) is 3. The summed E-state index contributed by atoms with van der Waals surface area (Å²) in [6.45, 7) is 8.21. The van der Waals surface area contributed by atoms with Gasteiger partial charge in [-0.1, -0.05) is 13.8 Å². The van der Waals surface area contributed by atoms with Gasteiger partial charge in [0.25, 0.3) is 10.2 Å². The third kappa shape index (κ3) is 2.76. The monoisotopic (exact) mass is 283 g/mol. The second-order valence-electron chi connectivity index (χ2n) is 4.59. The maximum atomic E-state index is 12.3. The smallest absolute Gasteiger partial charge is 0.281 e. The lowest BCUT2D eigenvalue weighted by Gasteiger charge is -2.25. The lowest BCUT2D eigenvalue weighted by molar-refractivity contribution is 0.368. The second kappa shape index (κ2) is 5.84. The van der Waals surface area contributed by atoms with Gasteiger partial charge in [-0.2, -0.15) is 17.0 Å². The van der Waals surface area contributed by atoms with Crippen molar-refractivity contribution >= 4 is 22.6 Å². The van der Waals surface area contributed by atoms with E-state index < -0.39 is 10.2 Å². The highest BCUT2D eigenvalue weighted by Crippen LogP contribution is 2.29. The van der Waals surface area contributed by atoms with E-state index in [1.165, 1.54) is 0 Å². The molecule has 0 saturated carbocycles. The van der Waals surface area contributed by atoms with Crippen LogP contribution in [0.15, 0.2) is 0 Å². The van der Waals surface area contributed by atoms with Crippen LogP contribution in [-0.4, -0.2) is 56.3 Å². The number of rotatable bonds is 4. The molecule has 17 heavy (non-hydrogen) atoms. The van der Waals surface area contributed by atoms with Crippen molar-refractivity contribution in [2.45, 2.75) is 13.8 Å². The molecule has 0 aromatic heterocycles. The fourth-order valence-electron chi connectivity index (χ4n) is 2.71. The first-order valence-electron chi connectivity index (χ1n) is 6.05. The molecule has 2 aliphatic rings. The number of nitrogens with one attached hydrogen (secondary N) is 1. The van der Waals surface area contributed by atoms with Crippen LogP contribution in [0, 0.1) is 11.8 Å². The third-order valence-corrected chi connectivity index (χ3v) is 5.83. The molecule has 0 amide bonds. The van der Waals surface area contributed by atoms with E-state index in [1.54, 1.807) is 8.61 Å². The molecular weight excluding hydrogens is 262 g/mol. The molecule has 2 heterocycles. The summed E-state index contributed by atoms with van der Waals surface area (Å²) in [5, 5.41) is 3.32. The molecule has 0 unspecified atom stereocenters. The van der Waals surface area contributed by atoms with E-state index in [2.05, 4.69) is 5.32 Å². The fraction of sp³-hybridized carbons (Fsp3) is 1.00. The second-order valence-corrected chi connectivity index (χ2v) is 6.52.